The number of hydrogen-bond donors (Lipinski definition) is 2. The molecular formula is C19H14O8. The van der Waals surface area contributed by atoms with Gasteiger partial charge in [-0.2, -0.15) is 0 Å². The van der Waals surface area contributed by atoms with Crippen molar-refractivity contribution in [1.29, 1.82) is 0 Å². The molecule has 3 rings (SSSR count). The minimum atomic E-state index is -1.23. The van der Waals surface area contributed by atoms with Crippen molar-refractivity contribution in [2.45, 2.75) is 0 Å². The van der Waals surface area contributed by atoms with Crippen LogP contribution in [0, 0.1) is 0 Å². The Hall–Kier alpha value is -3.81. The summed E-state index contributed by atoms with van der Waals surface area (Å²) in [5.41, 5.74) is 0.325. The van der Waals surface area contributed by atoms with Crippen LogP contribution < -0.4 is 14.9 Å². The van der Waals surface area contributed by atoms with Crippen molar-refractivity contribution in [3.8, 4) is 22.8 Å². The molecule has 0 amide bonds. The molecule has 0 bridgehead atoms. The van der Waals surface area contributed by atoms with Crippen LogP contribution >= 0.6 is 0 Å². The van der Waals surface area contributed by atoms with E-state index in [1.807, 2.05) is 6.07 Å². The molecule has 0 saturated heterocycles. The number of aliphatic carboxylic acids is 2. The number of carboxylic acid groups (broad SMARTS) is 2. The monoisotopic (exact) mass is 370 g/mol. The van der Waals surface area contributed by atoms with E-state index in [4.69, 9.17) is 24.1 Å². The van der Waals surface area contributed by atoms with Gasteiger partial charge < -0.3 is 24.1 Å². The molecule has 1 heterocycles. The second-order valence-electron chi connectivity index (χ2n) is 5.50. The van der Waals surface area contributed by atoms with Crippen LogP contribution in [0.2, 0.25) is 0 Å². The van der Waals surface area contributed by atoms with Crippen molar-refractivity contribution in [2.75, 3.05) is 13.2 Å². The van der Waals surface area contributed by atoms with Crippen LogP contribution in [0.25, 0.3) is 22.3 Å². The number of hydrogen-bond acceptors (Lipinski definition) is 6. The lowest BCUT2D eigenvalue weighted by atomic mass is 10.1. The first-order chi connectivity index (χ1) is 12.9. The van der Waals surface area contributed by atoms with Crippen LogP contribution in [0.1, 0.15) is 0 Å². The highest BCUT2D eigenvalue weighted by molar-refractivity contribution is 5.87. The molecular weight excluding hydrogens is 356 g/mol. The number of carboxylic acids is 2. The van der Waals surface area contributed by atoms with Gasteiger partial charge in [0, 0.05) is 23.8 Å². The van der Waals surface area contributed by atoms with Crippen LogP contribution in [0.15, 0.2) is 57.7 Å². The fourth-order valence-electron chi connectivity index (χ4n) is 2.45. The highest BCUT2D eigenvalue weighted by Crippen LogP contribution is 2.32. The average molecular weight is 370 g/mol. The predicted molar refractivity (Wildman–Crippen MR) is 94.2 cm³/mol. The lowest BCUT2D eigenvalue weighted by molar-refractivity contribution is -0.140. The van der Waals surface area contributed by atoms with Gasteiger partial charge in [-0.15, -0.1) is 0 Å². The first kappa shape index (κ1) is 18.0. The van der Waals surface area contributed by atoms with Gasteiger partial charge in [-0.05, 0) is 0 Å². The summed E-state index contributed by atoms with van der Waals surface area (Å²) >= 11 is 0. The number of carbonyl (C=O) groups is 2. The number of rotatable bonds is 7. The van der Waals surface area contributed by atoms with Crippen molar-refractivity contribution in [1.82, 2.24) is 0 Å². The Morgan fingerprint density at radius 2 is 1.59 bits per heavy atom. The van der Waals surface area contributed by atoms with E-state index < -0.39 is 30.6 Å². The van der Waals surface area contributed by atoms with Crippen LogP contribution in [0.4, 0.5) is 0 Å². The molecule has 0 fully saturated rings. The molecule has 0 saturated carbocycles. The Kier molecular flexibility index (Phi) is 5.07. The Bertz CT molecular complexity index is 1050. The van der Waals surface area contributed by atoms with Crippen LogP contribution in [0.3, 0.4) is 0 Å². The molecule has 2 N–H and O–H groups in total. The molecule has 8 nitrogen and oxygen atoms in total. The Morgan fingerprint density at radius 1 is 0.926 bits per heavy atom. The van der Waals surface area contributed by atoms with E-state index in [9.17, 15) is 14.4 Å². The van der Waals surface area contributed by atoms with Crippen molar-refractivity contribution < 1.29 is 33.7 Å². The zero-order valence-corrected chi connectivity index (χ0v) is 13.9. The molecule has 8 heteroatoms. The third kappa shape index (κ3) is 4.24. The maximum Gasteiger partial charge on any atom is 0.341 e. The van der Waals surface area contributed by atoms with E-state index in [0.717, 1.165) is 0 Å². The second kappa shape index (κ2) is 7.61. The van der Waals surface area contributed by atoms with E-state index >= 15 is 0 Å². The maximum absolute atomic E-state index is 12.6. The Labute approximate surface area is 152 Å². The van der Waals surface area contributed by atoms with Gasteiger partial charge in [0.1, 0.15) is 28.2 Å². The van der Waals surface area contributed by atoms with E-state index in [1.165, 1.54) is 18.2 Å². The van der Waals surface area contributed by atoms with Gasteiger partial charge in [0.25, 0.3) is 0 Å². The quantitative estimate of drug-likeness (QED) is 0.650. The van der Waals surface area contributed by atoms with E-state index in [2.05, 4.69) is 0 Å². The average Bonchev–Trinajstić information content (AvgIpc) is 2.64. The molecule has 0 aliphatic rings. The van der Waals surface area contributed by atoms with Gasteiger partial charge in [-0.3, -0.25) is 4.79 Å². The summed E-state index contributed by atoms with van der Waals surface area (Å²) < 4.78 is 16.1. The summed E-state index contributed by atoms with van der Waals surface area (Å²) in [6, 6.07) is 12.8. The molecule has 27 heavy (non-hydrogen) atoms. The molecule has 0 aliphatic carbocycles. The summed E-state index contributed by atoms with van der Waals surface area (Å²) in [5.74, 6) is -2.12. The van der Waals surface area contributed by atoms with Crippen molar-refractivity contribution in [2.24, 2.45) is 0 Å². The van der Waals surface area contributed by atoms with Gasteiger partial charge in [0.2, 0.25) is 0 Å². The highest BCUT2D eigenvalue weighted by atomic mass is 16.5. The summed E-state index contributed by atoms with van der Waals surface area (Å²) in [4.78, 5) is 34.1. The number of ether oxygens (including phenoxy) is 2. The maximum atomic E-state index is 12.6. The number of fused-ring (bicyclic) bond motifs is 1. The fraction of sp³-hybridized carbons (Fsp3) is 0.105. The summed E-state index contributed by atoms with van der Waals surface area (Å²) in [6.45, 7) is -1.30. The van der Waals surface area contributed by atoms with Gasteiger partial charge in [0.05, 0.1) is 0 Å². The zero-order chi connectivity index (χ0) is 19.4. The largest absolute Gasteiger partial charge is 0.482 e. The minimum absolute atomic E-state index is 0.0404. The number of benzene rings is 2. The molecule has 3 aromatic rings. The first-order valence-corrected chi connectivity index (χ1v) is 7.80. The molecule has 0 atom stereocenters. The van der Waals surface area contributed by atoms with E-state index in [1.54, 1.807) is 24.3 Å². The molecule has 0 unspecified atom stereocenters. The van der Waals surface area contributed by atoms with Gasteiger partial charge >= 0.3 is 11.9 Å². The van der Waals surface area contributed by atoms with Crippen molar-refractivity contribution >= 4 is 22.9 Å². The van der Waals surface area contributed by atoms with Crippen LogP contribution in [0.5, 0.6) is 11.5 Å². The predicted octanol–water partition coefficient (Wildman–Crippen LogP) is 2.39. The first-order valence-electron chi connectivity index (χ1n) is 7.80. The van der Waals surface area contributed by atoms with Crippen molar-refractivity contribution in [3.63, 3.8) is 0 Å². The Morgan fingerprint density at radius 3 is 2.26 bits per heavy atom. The topological polar surface area (TPSA) is 123 Å². The SMILES string of the molecule is O=C(O)COc1cc(OCC(=O)O)c2c(=O)cc(-c3ccccc3)oc2c1. The molecule has 2 aromatic carbocycles. The van der Waals surface area contributed by atoms with Gasteiger partial charge in [-0.1, -0.05) is 30.3 Å². The molecule has 138 valence electrons. The fourth-order valence-corrected chi connectivity index (χ4v) is 2.45. The smallest absolute Gasteiger partial charge is 0.341 e. The molecule has 0 radical (unpaired) electrons. The van der Waals surface area contributed by atoms with Crippen molar-refractivity contribution in [3.05, 3.63) is 58.8 Å². The summed E-state index contributed by atoms with van der Waals surface area (Å²) in [6.07, 6.45) is 0. The third-order valence-corrected chi connectivity index (χ3v) is 3.54. The lowest BCUT2D eigenvalue weighted by Gasteiger charge is -2.11. The molecule has 0 spiro atoms. The van der Waals surface area contributed by atoms with Gasteiger partial charge in [0.15, 0.2) is 18.6 Å². The van der Waals surface area contributed by atoms with Gasteiger partial charge in [-0.25, -0.2) is 9.59 Å². The third-order valence-electron chi connectivity index (χ3n) is 3.54. The van der Waals surface area contributed by atoms with Crippen LogP contribution in [-0.2, 0) is 9.59 Å². The highest BCUT2D eigenvalue weighted by Gasteiger charge is 2.16. The molecule has 1 aromatic heterocycles. The molecule has 0 aliphatic heterocycles. The second-order valence-corrected chi connectivity index (χ2v) is 5.50. The standard InChI is InChI=1S/C19H14O8/c20-13-8-14(11-4-2-1-3-5-11)27-16-7-12(25-9-17(21)22)6-15(19(13)16)26-10-18(23)24/h1-8H,9-10H2,(H,21,22)(H,23,24). The minimum Gasteiger partial charge on any atom is -0.482 e. The Balaban J connectivity index is 2.14. The van der Waals surface area contributed by atoms with E-state index in [-0.39, 0.29) is 22.5 Å². The lowest BCUT2D eigenvalue weighted by Crippen LogP contribution is -2.13. The zero-order valence-electron chi connectivity index (χ0n) is 13.9. The normalized spacial score (nSPS) is 10.5. The van der Waals surface area contributed by atoms with E-state index in [0.29, 0.717) is 11.3 Å². The summed E-state index contributed by atoms with van der Waals surface area (Å²) in [7, 11) is 0. The summed E-state index contributed by atoms with van der Waals surface area (Å²) in [5, 5.41) is 17.6. The van der Waals surface area contributed by atoms with Crippen LogP contribution in [-0.4, -0.2) is 35.4 Å².